The Labute approximate surface area is 123 Å². The first-order valence-corrected chi connectivity index (χ1v) is 6.81. The molecule has 0 aliphatic rings. The molecule has 0 unspecified atom stereocenters. The maximum absolute atomic E-state index is 12.7. The third kappa shape index (κ3) is 4.30. The van der Waals surface area contributed by atoms with Gasteiger partial charge in [-0.15, -0.1) is 0 Å². The molecule has 0 aliphatic heterocycles. The molecule has 6 heteroatoms. The average Bonchev–Trinajstić information content (AvgIpc) is 2.78. The van der Waals surface area contributed by atoms with Gasteiger partial charge in [-0.1, -0.05) is 12.1 Å². The van der Waals surface area contributed by atoms with Gasteiger partial charge in [0.1, 0.15) is 11.6 Å². The SMILES string of the molecule is Cc1cnc(C)n1CCNC(=O)NCc1ccc(F)cc1. The van der Waals surface area contributed by atoms with Gasteiger partial charge in [0, 0.05) is 31.5 Å². The molecule has 1 aromatic carbocycles. The highest BCUT2D eigenvalue weighted by Gasteiger charge is 2.04. The van der Waals surface area contributed by atoms with E-state index >= 15 is 0 Å². The molecule has 0 saturated heterocycles. The maximum atomic E-state index is 12.7. The van der Waals surface area contributed by atoms with Crippen molar-refractivity contribution in [2.45, 2.75) is 26.9 Å². The maximum Gasteiger partial charge on any atom is 0.315 e. The van der Waals surface area contributed by atoms with Crippen molar-refractivity contribution >= 4 is 6.03 Å². The van der Waals surface area contributed by atoms with E-state index in [1.54, 1.807) is 12.1 Å². The van der Waals surface area contributed by atoms with Gasteiger partial charge in [-0.25, -0.2) is 14.2 Å². The van der Waals surface area contributed by atoms with Crippen molar-refractivity contribution in [3.63, 3.8) is 0 Å². The van der Waals surface area contributed by atoms with Crippen LogP contribution < -0.4 is 10.6 Å². The number of nitrogens with zero attached hydrogens (tertiary/aromatic N) is 2. The highest BCUT2D eigenvalue weighted by atomic mass is 19.1. The summed E-state index contributed by atoms with van der Waals surface area (Å²) in [6.45, 7) is 5.49. The fraction of sp³-hybridized carbons (Fsp3) is 0.333. The minimum atomic E-state index is -0.283. The van der Waals surface area contributed by atoms with Gasteiger partial charge in [-0.2, -0.15) is 0 Å². The molecule has 1 aromatic heterocycles. The van der Waals surface area contributed by atoms with Gasteiger partial charge in [0.2, 0.25) is 0 Å². The van der Waals surface area contributed by atoms with Crippen LogP contribution in [0.4, 0.5) is 9.18 Å². The molecule has 0 aliphatic carbocycles. The second-order valence-electron chi connectivity index (χ2n) is 4.83. The number of benzene rings is 1. The predicted molar refractivity (Wildman–Crippen MR) is 78.3 cm³/mol. The van der Waals surface area contributed by atoms with Crippen molar-refractivity contribution < 1.29 is 9.18 Å². The molecule has 5 nitrogen and oxygen atoms in total. The number of carbonyl (C=O) groups is 1. The van der Waals surface area contributed by atoms with E-state index in [9.17, 15) is 9.18 Å². The summed E-state index contributed by atoms with van der Waals surface area (Å²) in [6, 6.07) is 5.80. The van der Waals surface area contributed by atoms with E-state index in [2.05, 4.69) is 15.6 Å². The third-order valence-corrected chi connectivity index (χ3v) is 3.24. The topological polar surface area (TPSA) is 59.0 Å². The van der Waals surface area contributed by atoms with Crippen LogP contribution in [0.2, 0.25) is 0 Å². The molecule has 0 radical (unpaired) electrons. The van der Waals surface area contributed by atoms with Crippen LogP contribution in [0.5, 0.6) is 0 Å². The summed E-state index contributed by atoms with van der Waals surface area (Å²) in [5.74, 6) is 0.648. The number of nitrogens with one attached hydrogen (secondary N) is 2. The second kappa shape index (κ2) is 6.88. The Kier molecular flexibility index (Phi) is 4.92. The van der Waals surface area contributed by atoms with Crippen molar-refractivity contribution in [3.05, 3.63) is 53.4 Å². The van der Waals surface area contributed by atoms with Gasteiger partial charge in [0.15, 0.2) is 0 Å². The molecule has 2 aromatic rings. The highest BCUT2D eigenvalue weighted by molar-refractivity contribution is 5.73. The minimum Gasteiger partial charge on any atom is -0.336 e. The van der Waals surface area contributed by atoms with E-state index in [1.165, 1.54) is 12.1 Å². The van der Waals surface area contributed by atoms with Crippen LogP contribution >= 0.6 is 0 Å². The fourth-order valence-corrected chi connectivity index (χ4v) is 2.05. The Bertz CT molecular complexity index is 587. The Hall–Kier alpha value is -2.37. The molecular weight excluding hydrogens is 271 g/mol. The summed E-state index contributed by atoms with van der Waals surface area (Å²) in [7, 11) is 0. The first kappa shape index (κ1) is 15.0. The summed E-state index contributed by atoms with van der Waals surface area (Å²) < 4.78 is 14.8. The van der Waals surface area contributed by atoms with E-state index in [-0.39, 0.29) is 11.8 Å². The lowest BCUT2D eigenvalue weighted by atomic mass is 10.2. The van der Waals surface area contributed by atoms with Crippen molar-refractivity contribution in [2.24, 2.45) is 0 Å². The smallest absolute Gasteiger partial charge is 0.315 e. The van der Waals surface area contributed by atoms with Crippen LogP contribution in [-0.4, -0.2) is 22.1 Å². The summed E-state index contributed by atoms with van der Waals surface area (Å²) in [5, 5.41) is 5.51. The van der Waals surface area contributed by atoms with E-state index in [4.69, 9.17) is 0 Å². The molecular formula is C15H19FN4O. The lowest BCUT2D eigenvalue weighted by Gasteiger charge is -2.10. The zero-order chi connectivity index (χ0) is 15.2. The Morgan fingerprint density at radius 1 is 1.24 bits per heavy atom. The average molecular weight is 290 g/mol. The van der Waals surface area contributed by atoms with Gasteiger partial charge in [0.25, 0.3) is 0 Å². The number of urea groups is 1. The lowest BCUT2D eigenvalue weighted by Crippen LogP contribution is -2.37. The van der Waals surface area contributed by atoms with Crippen LogP contribution in [0.15, 0.2) is 30.5 Å². The fourth-order valence-electron chi connectivity index (χ4n) is 2.05. The first-order valence-electron chi connectivity index (χ1n) is 6.81. The molecule has 2 N–H and O–H groups in total. The van der Waals surface area contributed by atoms with Crippen molar-refractivity contribution in [2.75, 3.05) is 6.54 Å². The monoisotopic (exact) mass is 290 g/mol. The van der Waals surface area contributed by atoms with E-state index < -0.39 is 0 Å². The van der Waals surface area contributed by atoms with Crippen LogP contribution in [0.25, 0.3) is 0 Å². The van der Waals surface area contributed by atoms with Crippen molar-refractivity contribution in [3.8, 4) is 0 Å². The number of rotatable bonds is 5. The largest absolute Gasteiger partial charge is 0.336 e. The highest BCUT2D eigenvalue weighted by Crippen LogP contribution is 2.02. The molecule has 112 valence electrons. The summed E-state index contributed by atoms with van der Waals surface area (Å²) in [5.41, 5.74) is 1.92. The van der Waals surface area contributed by atoms with E-state index in [0.29, 0.717) is 19.6 Å². The number of amides is 2. The summed E-state index contributed by atoms with van der Waals surface area (Å²) >= 11 is 0. The Balaban J connectivity index is 1.71. The Morgan fingerprint density at radius 2 is 1.95 bits per heavy atom. The first-order chi connectivity index (χ1) is 10.1. The predicted octanol–water partition coefficient (Wildman–Crippen LogP) is 2.14. The normalized spacial score (nSPS) is 10.4. The number of carbonyl (C=O) groups excluding carboxylic acids is 1. The zero-order valence-electron chi connectivity index (χ0n) is 12.2. The number of aryl methyl sites for hydroxylation is 2. The summed E-state index contributed by atoms with van der Waals surface area (Å²) in [6.07, 6.45) is 1.81. The van der Waals surface area contributed by atoms with Crippen molar-refractivity contribution in [1.82, 2.24) is 20.2 Å². The molecule has 0 fully saturated rings. The molecule has 1 heterocycles. The lowest BCUT2D eigenvalue weighted by molar-refractivity contribution is 0.240. The number of hydrogen-bond acceptors (Lipinski definition) is 2. The van der Waals surface area contributed by atoms with Gasteiger partial charge < -0.3 is 15.2 Å². The molecule has 0 spiro atoms. The number of imidazole rings is 1. The van der Waals surface area contributed by atoms with Gasteiger partial charge >= 0.3 is 6.03 Å². The van der Waals surface area contributed by atoms with E-state index in [1.807, 2.05) is 24.6 Å². The van der Waals surface area contributed by atoms with Gasteiger partial charge in [0.05, 0.1) is 0 Å². The zero-order valence-corrected chi connectivity index (χ0v) is 12.2. The van der Waals surface area contributed by atoms with Gasteiger partial charge in [-0.3, -0.25) is 0 Å². The standard InChI is InChI=1S/C15H19FN4O/c1-11-9-18-12(2)20(11)8-7-17-15(21)19-10-13-3-5-14(16)6-4-13/h3-6,9H,7-8,10H2,1-2H3,(H2,17,19,21). The van der Waals surface area contributed by atoms with Crippen LogP contribution in [0.1, 0.15) is 17.1 Å². The third-order valence-electron chi connectivity index (χ3n) is 3.24. The van der Waals surface area contributed by atoms with Crippen LogP contribution in [0.3, 0.4) is 0 Å². The number of halogens is 1. The quantitative estimate of drug-likeness (QED) is 0.886. The summed E-state index contributed by atoms with van der Waals surface area (Å²) in [4.78, 5) is 15.9. The molecule has 0 saturated carbocycles. The Morgan fingerprint density at radius 3 is 2.57 bits per heavy atom. The number of aromatic nitrogens is 2. The van der Waals surface area contributed by atoms with Crippen LogP contribution in [0, 0.1) is 19.7 Å². The molecule has 2 amide bonds. The molecule has 0 bridgehead atoms. The second-order valence-corrected chi connectivity index (χ2v) is 4.83. The molecule has 0 atom stereocenters. The molecule has 21 heavy (non-hydrogen) atoms. The van der Waals surface area contributed by atoms with Gasteiger partial charge in [-0.05, 0) is 31.5 Å². The minimum absolute atomic E-state index is 0.241. The van der Waals surface area contributed by atoms with E-state index in [0.717, 1.165) is 17.1 Å². The molecule has 2 rings (SSSR count). The number of hydrogen-bond donors (Lipinski definition) is 2. The van der Waals surface area contributed by atoms with Crippen LogP contribution in [-0.2, 0) is 13.1 Å². The van der Waals surface area contributed by atoms with Crippen molar-refractivity contribution in [1.29, 1.82) is 0 Å².